The monoisotopic (exact) mass is 341 g/mol. The Morgan fingerprint density at radius 1 is 1.50 bits per heavy atom. The van der Waals surface area contributed by atoms with E-state index in [1.165, 1.54) is 0 Å². The molecule has 122 valence electrons. The molecule has 0 N–H and O–H groups in total. The number of aromatic nitrogens is 2. The third-order valence-corrected chi connectivity index (χ3v) is 4.02. The molecule has 2 rings (SSSR count). The zero-order valence-corrected chi connectivity index (χ0v) is 13.9. The van der Waals surface area contributed by atoms with Crippen molar-refractivity contribution >= 4 is 17.6 Å². The van der Waals surface area contributed by atoms with Gasteiger partial charge in [0.15, 0.2) is 6.61 Å². The van der Waals surface area contributed by atoms with Crippen LogP contribution in [0.4, 0.5) is 0 Å². The lowest BCUT2D eigenvalue weighted by atomic mass is 9.84. The number of ether oxygens (including phenoxy) is 1. The SMILES string of the molecule is C#CCOC(=O)CC(c1nccn1C)C(C#N)c1ccccc1Cl. The van der Waals surface area contributed by atoms with Crippen molar-refractivity contribution in [3.63, 3.8) is 0 Å². The molecule has 6 heteroatoms. The van der Waals surface area contributed by atoms with Crippen LogP contribution in [0, 0.1) is 23.7 Å². The molecule has 1 aromatic heterocycles. The first kappa shape index (κ1) is 17.6. The Morgan fingerprint density at radius 3 is 2.83 bits per heavy atom. The molecule has 2 aromatic rings. The molecule has 0 fully saturated rings. The normalized spacial score (nSPS) is 12.7. The number of carbonyl (C=O) groups excluding carboxylic acids is 1. The molecule has 0 saturated heterocycles. The van der Waals surface area contributed by atoms with Gasteiger partial charge >= 0.3 is 5.97 Å². The Bertz CT molecular complexity index is 801. The Kier molecular flexibility index (Phi) is 6.01. The summed E-state index contributed by atoms with van der Waals surface area (Å²) >= 11 is 6.24. The fourth-order valence-electron chi connectivity index (χ4n) is 2.56. The summed E-state index contributed by atoms with van der Waals surface area (Å²) in [6.07, 6.45) is 8.47. The number of hydrogen-bond donors (Lipinski definition) is 0. The van der Waals surface area contributed by atoms with Gasteiger partial charge in [0, 0.05) is 30.4 Å². The van der Waals surface area contributed by atoms with E-state index in [1.54, 1.807) is 41.2 Å². The van der Waals surface area contributed by atoms with E-state index in [-0.39, 0.29) is 13.0 Å². The topological polar surface area (TPSA) is 67.9 Å². The number of esters is 1. The van der Waals surface area contributed by atoms with Crippen molar-refractivity contribution in [3.05, 3.63) is 53.1 Å². The average molecular weight is 342 g/mol. The van der Waals surface area contributed by atoms with E-state index in [0.717, 1.165) is 0 Å². The Balaban J connectivity index is 2.40. The number of aryl methyl sites for hydroxylation is 1. The maximum Gasteiger partial charge on any atom is 0.307 e. The quantitative estimate of drug-likeness (QED) is 0.598. The van der Waals surface area contributed by atoms with Crippen molar-refractivity contribution < 1.29 is 9.53 Å². The maximum absolute atomic E-state index is 12.1. The fraction of sp³-hybridized carbons (Fsp3) is 0.278. The van der Waals surface area contributed by atoms with Gasteiger partial charge < -0.3 is 9.30 Å². The van der Waals surface area contributed by atoms with E-state index in [1.807, 2.05) is 7.05 Å². The number of carbonyl (C=O) groups is 1. The van der Waals surface area contributed by atoms with Crippen molar-refractivity contribution in [1.82, 2.24) is 9.55 Å². The summed E-state index contributed by atoms with van der Waals surface area (Å²) in [5.41, 5.74) is 0.652. The van der Waals surface area contributed by atoms with Gasteiger partial charge in [0.2, 0.25) is 0 Å². The van der Waals surface area contributed by atoms with Crippen LogP contribution < -0.4 is 0 Å². The first-order valence-corrected chi connectivity index (χ1v) is 7.66. The lowest BCUT2D eigenvalue weighted by molar-refractivity contribution is -0.142. The zero-order chi connectivity index (χ0) is 17.5. The van der Waals surface area contributed by atoms with Crippen LogP contribution in [0.15, 0.2) is 36.7 Å². The lowest BCUT2D eigenvalue weighted by Gasteiger charge is -2.22. The highest BCUT2D eigenvalue weighted by molar-refractivity contribution is 6.31. The van der Waals surface area contributed by atoms with E-state index in [9.17, 15) is 10.1 Å². The van der Waals surface area contributed by atoms with Gasteiger partial charge in [-0.25, -0.2) is 4.98 Å². The molecular weight excluding hydrogens is 326 g/mol. The maximum atomic E-state index is 12.1. The minimum absolute atomic E-state index is 0.0179. The molecule has 0 aliphatic carbocycles. The minimum Gasteiger partial charge on any atom is -0.452 e. The third kappa shape index (κ3) is 3.95. The molecule has 2 unspecified atom stereocenters. The Morgan fingerprint density at radius 2 is 2.25 bits per heavy atom. The van der Waals surface area contributed by atoms with Crippen LogP contribution in [0.2, 0.25) is 5.02 Å². The van der Waals surface area contributed by atoms with Crippen LogP contribution in [0.25, 0.3) is 0 Å². The number of halogens is 1. The number of benzene rings is 1. The fourth-order valence-corrected chi connectivity index (χ4v) is 2.81. The molecule has 0 amide bonds. The lowest BCUT2D eigenvalue weighted by Crippen LogP contribution is -2.20. The van der Waals surface area contributed by atoms with Crippen molar-refractivity contribution in [1.29, 1.82) is 5.26 Å². The molecule has 1 aromatic carbocycles. The number of rotatable bonds is 6. The van der Waals surface area contributed by atoms with Crippen molar-refractivity contribution in [2.45, 2.75) is 18.3 Å². The first-order chi connectivity index (χ1) is 11.6. The van der Waals surface area contributed by atoms with Crippen molar-refractivity contribution in [3.8, 4) is 18.4 Å². The highest BCUT2D eigenvalue weighted by Crippen LogP contribution is 2.37. The average Bonchev–Trinajstić information content (AvgIpc) is 3.00. The van der Waals surface area contributed by atoms with Crippen molar-refractivity contribution in [2.24, 2.45) is 7.05 Å². The number of imidazole rings is 1. The highest BCUT2D eigenvalue weighted by Gasteiger charge is 2.31. The van der Waals surface area contributed by atoms with Gasteiger partial charge in [0.1, 0.15) is 5.82 Å². The summed E-state index contributed by atoms with van der Waals surface area (Å²) in [4.78, 5) is 16.4. The van der Waals surface area contributed by atoms with Gasteiger partial charge in [-0.1, -0.05) is 35.7 Å². The molecule has 2 atom stereocenters. The van der Waals surface area contributed by atoms with Crippen LogP contribution in [-0.2, 0) is 16.6 Å². The van der Waals surface area contributed by atoms with E-state index >= 15 is 0 Å². The minimum atomic E-state index is -0.641. The van der Waals surface area contributed by atoms with Gasteiger partial charge in [-0.3, -0.25) is 4.79 Å². The highest BCUT2D eigenvalue weighted by atomic mass is 35.5. The zero-order valence-electron chi connectivity index (χ0n) is 13.1. The largest absolute Gasteiger partial charge is 0.452 e. The molecule has 0 radical (unpaired) electrons. The van der Waals surface area contributed by atoms with E-state index in [4.69, 9.17) is 22.8 Å². The van der Waals surface area contributed by atoms with Gasteiger partial charge in [-0.05, 0) is 11.6 Å². The summed E-state index contributed by atoms with van der Waals surface area (Å²) in [6, 6.07) is 9.33. The van der Waals surface area contributed by atoms with Gasteiger partial charge in [0.05, 0.1) is 18.4 Å². The molecule has 0 aliphatic heterocycles. The Labute approximate surface area is 145 Å². The number of nitrogens with zero attached hydrogens (tertiary/aromatic N) is 3. The van der Waals surface area contributed by atoms with Crippen LogP contribution in [0.5, 0.6) is 0 Å². The molecule has 5 nitrogen and oxygen atoms in total. The molecule has 1 heterocycles. The second-order valence-corrected chi connectivity index (χ2v) is 5.61. The predicted octanol–water partition coefficient (Wildman–Crippen LogP) is 3.03. The van der Waals surface area contributed by atoms with Gasteiger partial charge in [-0.15, -0.1) is 6.42 Å². The van der Waals surface area contributed by atoms with Crippen LogP contribution >= 0.6 is 11.6 Å². The summed E-state index contributed by atoms with van der Waals surface area (Å²) in [5.74, 6) is 1.24. The molecule has 0 aliphatic rings. The van der Waals surface area contributed by atoms with Crippen molar-refractivity contribution in [2.75, 3.05) is 6.61 Å². The molecular formula is C18H16ClN3O2. The second-order valence-electron chi connectivity index (χ2n) is 5.20. The number of terminal acetylenes is 1. The van der Waals surface area contributed by atoms with Crippen LogP contribution in [0.1, 0.15) is 29.6 Å². The molecule has 24 heavy (non-hydrogen) atoms. The summed E-state index contributed by atoms with van der Waals surface area (Å²) < 4.78 is 6.74. The first-order valence-electron chi connectivity index (χ1n) is 7.28. The van der Waals surface area contributed by atoms with Gasteiger partial charge in [-0.2, -0.15) is 5.26 Å². The third-order valence-electron chi connectivity index (χ3n) is 3.67. The smallest absolute Gasteiger partial charge is 0.307 e. The summed E-state index contributed by atoms with van der Waals surface area (Å²) in [6.45, 7) is -0.102. The summed E-state index contributed by atoms with van der Waals surface area (Å²) in [5, 5.41) is 10.2. The molecule has 0 saturated carbocycles. The van der Waals surface area contributed by atoms with E-state index in [0.29, 0.717) is 16.4 Å². The summed E-state index contributed by atoms with van der Waals surface area (Å²) in [7, 11) is 1.81. The van der Waals surface area contributed by atoms with Crippen LogP contribution in [-0.4, -0.2) is 22.1 Å². The number of hydrogen-bond acceptors (Lipinski definition) is 4. The second kappa shape index (κ2) is 8.19. The van der Waals surface area contributed by atoms with Crippen LogP contribution in [0.3, 0.4) is 0 Å². The van der Waals surface area contributed by atoms with E-state index < -0.39 is 17.8 Å². The molecule has 0 spiro atoms. The van der Waals surface area contributed by atoms with E-state index in [2.05, 4.69) is 17.0 Å². The Hall–Kier alpha value is -2.76. The van der Waals surface area contributed by atoms with Gasteiger partial charge in [0.25, 0.3) is 0 Å². The molecule has 0 bridgehead atoms. The standard InChI is InChI=1S/C18H16ClN3O2/c1-3-10-24-17(23)11-14(18-21-8-9-22(18)2)15(12-20)13-6-4-5-7-16(13)19/h1,4-9,14-15H,10-11H2,2H3. The number of nitriles is 1. The predicted molar refractivity (Wildman–Crippen MR) is 90.2 cm³/mol.